The van der Waals surface area contributed by atoms with Crippen molar-refractivity contribution < 1.29 is 18.0 Å². The minimum Gasteiger partial charge on any atom is -0.433 e. The molecule has 2 unspecified atom stereocenters. The first-order chi connectivity index (χ1) is 11.6. The highest BCUT2D eigenvalue weighted by molar-refractivity contribution is 5.48. The lowest BCUT2D eigenvalue weighted by molar-refractivity contribution is -0.0500. The maximum absolute atomic E-state index is 12.1. The van der Waals surface area contributed by atoms with Gasteiger partial charge >= 0.3 is 6.61 Å². The predicted molar refractivity (Wildman–Crippen MR) is 82.6 cm³/mol. The van der Waals surface area contributed by atoms with Crippen molar-refractivity contribution in [2.45, 2.75) is 32.8 Å². The average Bonchev–Trinajstić information content (AvgIpc) is 3.04. The van der Waals surface area contributed by atoms with Gasteiger partial charge in [-0.25, -0.2) is 4.98 Å². The number of halogens is 2. The molecule has 2 aromatic rings. The molecule has 0 aromatic carbocycles. The number of hydrogen-bond donors (Lipinski definition) is 1. The third kappa shape index (κ3) is 4.25. The molecular weight excluding hydrogens is 318 g/mol. The summed E-state index contributed by atoms with van der Waals surface area (Å²) in [6.45, 7) is 1.43. The fraction of sp³-hybridized carbons (Fsp3) is 0.562. The van der Waals surface area contributed by atoms with Crippen molar-refractivity contribution >= 4 is 0 Å². The lowest BCUT2D eigenvalue weighted by atomic mass is 9.85. The van der Waals surface area contributed by atoms with Crippen LogP contribution in [0.2, 0.25) is 0 Å². The van der Waals surface area contributed by atoms with Crippen LogP contribution in [0.3, 0.4) is 0 Å². The van der Waals surface area contributed by atoms with E-state index in [2.05, 4.69) is 32.1 Å². The molecule has 2 aromatic heterocycles. The van der Waals surface area contributed by atoms with Gasteiger partial charge in [0.25, 0.3) is 0 Å². The first kappa shape index (κ1) is 16.8. The zero-order valence-electron chi connectivity index (χ0n) is 13.4. The Morgan fingerprint density at radius 1 is 1.42 bits per heavy atom. The van der Waals surface area contributed by atoms with Gasteiger partial charge in [-0.3, -0.25) is 0 Å². The average molecular weight is 338 g/mol. The number of pyridine rings is 1. The van der Waals surface area contributed by atoms with E-state index >= 15 is 0 Å². The first-order valence-corrected chi connectivity index (χ1v) is 8.06. The van der Waals surface area contributed by atoms with E-state index < -0.39 is 6.61 Å². The zero-order chi connectivity index (χ0) is 16.9. The van der Waals surface area contributed by atoms with Crippen molar-refractivity contribution in [2.75, 3.05) is 13.1 Å². The van der Waals surface area contributed by atoms with Gasteiger partial charge in [-0.2, -0.15) is 13.8 Å². The van der Waals surface area contributed by atoms with E-state index in [9.17, 15) is 8.78 Å². The van der Waals surface area contributed by atoms with Crippen molar-refractivity contribution in [3.63, 3.8) is 0 Å². The SMILES string of the molecule is CC(Cc1nc(-c2ccc(OC(F)F)cn2)no1)C1CCCNC1. The third-order valence-electron chi connectivity index (χ3n) is 4.30. The van der Waals surface area contributed by atoms with Crippen molar-refractivity contribution in [1.82, 2.24) is 20.4 Å². The molecule has 3 rings (SSSR count). The number of nitrogens with zero attached hydrogens (tertiary/aromatic N) is 3. The van der Waals surface area contributed by atoms with E-state index in [1.54, 1.807) is 0 Å². The molecule has 0 bridgehead atoms. The summed E-state index contributed by atoms with van der Waals surface area (Å²) < 4.78 is 33.8. The smallest absolute Gasteiger partial charge is 0.387 e. The van der Waals surface area contributed by atoms with Crippen molar-refractivity contribution in [3.8, 4) is 17.3 Å². The molecule has 1 saturated heterocycles. The van der Waals surface area contributed by atoms with Gasteiger partial charge in [0.2, 0.25) is 11.7 Å². The van der Waals surface area contributed by atoms with Crippen molar-refractivity contribution in [1.29, 1.82) is 0 Å². The van der Waals surface area contributed by atoms with Crippen LogP contribution in [0.25, 0.3) is 11.5 Å². The summed E-state index contributed by atoms with van der Waals surface area (Å²) >= 11 is 0. The third-order valence-corrected chi connectivity index (χ3v) is 4.30. The van der Waals surface area contributed by atoms with Gasteiger partial charge in [0, 0.05) is 6.42 Å². The Morgan fingerprint density at radius 2 is 2.29 bits per heavy atom. The maximum atomic E-state index is 12.1. The highest BCUT2D eigenvalue weighted by Gasteiger charge is 2.22. The largest absolute Gasteiger partial charge is 0.433 e. The molecule has 2 atom stereocenters. The number of hydrogen-bond acceptors (Lipinski definition) is 6. The topological polar surface area (TPSA) is 73.1 Å². The van der Waals surface area contributed by atoms with Crippen molar-refractivity contribution in [2.24, 2.45) is 11.8 Å². The van der Waals surface area contributed by atoms with Crippen LogP contribution in [0.4, 0.5) is 8.78 Å². The highest BCUT2D eigenvalue weighted by Crippen LogP contribution is 2.24. The summed E-state index contributed by atoms with van der Waals surface area (Å²) in [5, 5.41) is 7.33. The van der Waals surface area contributed by atoms with Crippen LogP contribution >= 0.6 is 0 Å². The van der Waals surface area contributed by atoms with Crippen LogP contribution < -0.4 is 10.1 Å². The molecule has 6 nitrogen and oxygen atoms in total. The number of alkyl halides is 2. The fourth-order valence-corrected chi connectivity index (χ4v) is 2.93. The second-order valence-electron chi connectivity index (χ2n) is 6.06. The Bertz CT molecular complexity index is 642. The number of aromatic nitrogens is 3. The number of nitrogens with one attached hydrogen (secondary N) is 1. The summed E-state index contributed by atoms with van der Waals surface area (Å²) in [6, 6.07) is 2.93. The summed E-state index contributed by atoms with van der Waals surface area (Å²) in [4.78, 5) is 8.39. The van der Waals surface area contributed by atoms with E-state index in [1.165, 1.54) is 31.2 Å². The zero-order valence-corrected chi connectivity index (χ0v) is 13.4. The molecule has 1 N–H and O–H groups in total. The second kappa shape index (κ2) is 7.65. The molecule has 130 valence electrons. The molecule has 0 aliphatic carbocycles. The van der Waals surface area contributed by atoms with E-state index in [0.717, 1.165) is 13.1 Å². The highest BCUT2D eigenvalue weighted by atomic mass is 19.3. The molecule has 3 heterocycles. The summed E-state index contributed by atoms with van der Waals surface area (Å²) in [5.74, 6) is 1.97. The van der Waals surface area contributed by atoms with Gasteiger partial charge in [-0.15, -0.1) is 0 Å². The van der Waals surface area contributed by atoms with Crippen molar-refractivity contribution in [3.05, 3.63) is 24.2 Å². The van der Waals surface area contributed by atoms with Crippen LogP contribution in [-0.4, -0.2) is 34.8 Å². The van der Waals surface area contributed by atoms with Gasteiger partial charge < -0.3 is 14.6 Å². The molecule has 1 fully saturated rings. The summed E-state index contributed by atoms with van der Waals surface area (Å²) in [5.41, 5.74) is 0.457. The van der Waals surface area contributed by atoms with Gasteiger partial charge in [0.1, 0.15) is 11.4 Å². The van der Waals surface area contributed by atoms with E-state index in [0.29, 0.717) is 35.7 Å². The Kier molecular flexibility index (Phi) is 5.34. The van der Waals surface area contributed by atoms with Crippen LogP contribution in [0, 0.1) is 11.8 Å². The Hall–Kier alpha value is -2.09. The Labute approximate surface area is 138 Å². The maximum Gasteiger partial charge on any atom is 0.387 e. The van der Waals surface area contributed by atoms with Gasteiger partial charge in [0.15, 0.2) is 0 Å². The minimum atomic E-state index is -2.87. The monoisotopic (exact) mass is 338 g/mol. The molecular formula is C16H20F2N4O2. The minimum absolute atomic E-state index is 0.00381. The standard InChI is InChI=1S/C16H20F2N4O2/c1-10(11-3-2-6-19-8-11)7-14-21-15(22-24-14)13-5-4-12(9-20-13)23-16(17)18/h4-5,9-11,16,19H,2-3,6-8H2,1H3. The molecule has 1 aliphatic rings. The van der Waals surface area contributed by atoms with Gasteiger partial charge in [0.05, 0.1) is 6.20 Å². The lowest BCUT2D eigenvalue weighted by Crippen LogP contribution is -2.33. The molecule has 0 amide bonds. The van der Waals surface area contributed by atoms with Gasteiger partial charge in [-0.1, -0.05) is 12.1 Å². The molecule has 0 radical (unpaired) electrons. The molecule has 8 heteroatoms. The number of ether oxygens (including phenoxy) is 1. The second-order valence-corrected chi connectivity index (χ2v) is 6.06. The summed E-state index contributed by atoms with van der Waals surface area (Å²) in [7, 11) is 0. The lowest BCUT2D eigenvalue weighted by Gasteiger charge is -2.27. The van der Waals surface area contributed by atoms with Gasteiger partial charge in [-0.05, 0) is 49.9 Å². The molecule has 0 saturated carbocycles. The summed E-state index contributed by atoms with van der Waals surface area (Å²) in [6.07, 6.45) is 4.34. The quantitative estimate of drug-likeness (QED) is 0.873. The van der Waals surface area contributed by atoms with E-state index in [-0.39, 0.29) is 5.75 Å². The van der Waals surface area contributed by atoms with Crippen LogP contribution in [0.15, 0.2) is 22.9 Å². The van der Waals surface area contributed by atoms with Crippen LogP contribution in [0.1, 0.15) is 25.7 Å². The first-order valence-electron chi connectivity index (χ1n) is 8.06. The Morgan fingerprint density at radius 3 is 2.96 bits per heavy atom. The molecule has 0 spiro atoms. The number of piperidine rings is 1. The van der Waals surface area contributed by atoms with E-state index in [1.807, 2.05) is 0 Å². The molecule has 24 heavy (non-hydrogen) atoms. The molecule has 1 aliphatic heterocycles. The van der Waals surface area contributed by atoms with E-state index in [4.69, 9.17) is 4.52 Å². The predicted octanol–water partition coefficient (Wildman–Crippen LogP) is 2.91. The fourth-order valence-electron chi connectivity index (χ4n) is 2.93. The Balaban J connectivity index is 1.62. The number of rotatable bonds is 6. The normalized spacial score (nSPS) is 19.4. The van der Waals surface area contributed by atoms with Crippen LogP contribution in [-0.2, 0) is 6.42 Å². The van der Waals surface area contributed by atoms with Crippen LogP contribution in [0.5, 0.6) is 5.75 Å².